The van der Waals surface area contributed by atoms with Gasteiger partial charge in [-0.15, -0.1) is 0 Å². The Hall–Kier alpha value is -2.32. The molecule has 1 atom stereocenters. The van der Waals surface area contributed by atoms with E-state index in [2.05, 4.69) is 15.6 Å². The van der Waals surface area contributed by atoms with Crippen molar-refractivity contribution >= 4 is 21.4 Å². The Morgan fingerprint density at radius 2 is 2.00 bits per heavy atom. The molecule has 1 heterocycles. The molecule has 0 radical (unpaired) electrons. The minimum atomic E-state index is -3.39. The van der Waals surface area contributed by atoms with Crippen molar-refractivity contribution in [2.45, 2.75) is 24.5 Å². The smallest absolute Gasteiger partial charge is 0.241 e. The first kappa shape index (κ1) is 18.0. The summed E-state index contributed by atoms with van der Waals surface area (Å²) in [6.45, 7) is 1.91. The predicted molar refractivity (Wildman–Crippen MR) is 88.7 cm³/mol. The minimum absolute atomic E-state index is 0.0229. The van der Waals surface area contributed by atoms with Crippen molar-refractivity contribution in [2.24, 2.45) is 0 Å². The molecule has 8 heteroatoms. The zero-order chi connectivity index (χ0) is 17.7. The van der Waals surface area contributed by atoms with E-state index in [9.17, 15) is 17.6 Å². The van der Waals surface area contributed by atoms with Gasteiger partial charge in [-0.2, -0.15) is 0 Å². The first-order valence-corrected chi connectivity index (χ1v) is 9.10. The fourth-order valence-electron chi connectivity index (χ4n) is 1.93. The van der Waals surface area contributed by atoms with Crippen LogP contribution in [0.25, 0.3) is 0 Å². The lowest BCUT2D eigenvalue weighted by Gasteiger charge is -2.14. The number of sulfone groups is 1. The summed E-state index contributed by atoms with van der Waals surface area (Å²) < 4.78 is 36.5. The Labute approximate surface area is 140 Å². The van der Waals surface area contributed by atoms with Crippen LogP contribution >= 0.6 is 0 Å². The number of carbonyl (C=O) groups is 1. The van der Waals surface area contributed by atoms with Crippen molar-refractivity contribution in [1.29, 1.82) is 0 Å². The van der Waals surface area contributed by atoms with Gasteiger partial charge in [-0.25, -0.2) is 17.8 Å². The number of hydrogen-bond acceptors (Lipinski definition) is 5. The molecule has 2 aromatic rings. The molecule has 1 amide bonds. The van der Waals surface area contributed by atoms with Gasteiger partial charge in [0.05, 0.1) is 11.7 Å². The second-order valence-corrected chi connectivity index (χ2v) is 7.31. The van der Waals surface area contributed by atoms with Crippen LogP contribution in [0.15, 0.2) is 47.6 Å². The first-order valence-electron chi connectivity index (χ1n) is 7.21. The highest BCUT2D eigenvalue weighted by molar-refractivity contribution is 7.90. The Morgan fingerprint density at radius 3 is 2.67 bits per heavy atom. The number of hydrogen-bond donors (Lipinski definition) is 2. The summed E-state index contributed by atoms with van der Waals surface area (Å²) in [6.07, 6.45) is 2.48. The summed E-state index contributed by atoms with van der Waals surface area (Å²) in [6, 6.07) is 8.40. The Bertz CT molecular complexity index is 840. The highest BCUT2D eigenvalue weighted by Crippen LogP contribution is 2.13. The lowest BCUT2D eigenvalue weighted by molar-refractivity contribution is -0.117. The molecule has 2 rings (SSSR count). The quantitative estimate of drug-likeness (QED) is 0.828. The zero-order valence-corrected chi connectivity index (χ0v) is 14.1. The first-order chi connectivity index (χ1) is 11.3. The molecule has 0 bridgehead atoms. The molecule has 0 aliphatic rings. The fraction of sp³-hybridized carbons (Fsp3) is 0.250. The van der Waals surface area contributed by atoms with Crippen LogP contribution in [-0.2, 0) is 21.2 Å². The molecule has 1 aromatic heterocycles. The summed E-state index contributed by atoms with van der Waals surface area (Å²) in [4.78, 5) is 15.9. The van der Waals surface area contributed by atoms with E-state index < -0.39 is 27.6 Å². The minimum Gasteiger partial charge on any atom is -0.322 e. The largest absolute Gasteiger partial charge is 0.322 e. The number of amides is 1. The highest BCUT2D eigenvalue weighted by Gasteiger charge is 2.15. The molecule has 24 heavy (non-hydrogen) atoms. The molecule has 128 valence electrons. The molecule has 1 aromatic carbocycles. The van der Waals surface area contributed by atoms with Gasteiger partial charge in [0.25, 0.3) is 0 Å². The Kier molecular flexibility index (Phi) is 5.63. The van der Waals surface area contributed by atoms with Crippen LogP contribution < -0.4 is 10.6 Å². The third kappa shape index (κ3) is 4.84. The molecule has 6 nitrogen and oxygen atoms in total. The topological polar surface area (TPSA) is 88.2 Å². The molecule has 0 fully saturated rings. The summed E-state index contributed by atoms with van der Waals surface area (Å²) >= 11 is 0. The molecule has 0 saturated carbocycles. The summed E-state index contributed by atoms with van der Waals surface area (Å²) in [7, 11) is -3.39. The van der Waals surface area contributed by atoms with Gasteiger partial charge >= 0.3 is 0 Å². The van der Waals surface area contributed by atoms with Crippen molar-refractivity contribution in [3.8, 4) is 0 Å². The summed E-state index contributed by atoms with van der Waals surface area (Å²) in [5, 5.41) is 5.43. The van der Waals surface area contributed by atoms with E-state index in [0.717, 1.165) is 6.26 Å². The predicted octanol–water partition coefficient (Wildman–Crippen LogP) is 1.74. The molecule has 0 aliphatic carbocycles. The number of pyridine rings is 1. The Balaban J connectivity index is 1.97. The second-order valence-electron chi connectivity index (χ2n) is 5.35. The van der Waals surface area contributed by atoms with E-state index in [1.807, 2.05) is 0 Å². The van der Waals surface area contributed by atoms with Gasteiger partial charge in [-0.3, -0.25) is 4.79 Å². The maximum absolute atomic E-state index is 13.5. The van der Waals surface area contributed by atoms with Gasteiger partial charge < -0.3 is 10.6 Å². The Morgan fingerprint density at radius 1 is 1.29 bits per heavy atom. The average Bonchev–Trinajstić information content (AvgIpc) is 2.54. The second kappa shape index (κ2) is 7.50. The number of nitrogens with zero attached hydrogens (tertiary/aromatic N) is 1. The van der Waals surface area contributed by atoms with Crippen LogP contribution in [0, 0.1) is 5.82 Å². The van der Waals surface area contributed by atoms with Crippen LogP contribution in [-0.4, -0.2) is 31.6 Å². The maximum atomic E-state index is 13.5. The number of rotatable bonds is 6. The number of halogens is 1. The van der Waals surface area contributed by atoms with E-state index in [4.69, 9.17) is 0 Å². The number of aromatic nitrogens is 1. The summed E-state index contributed by atoms with van der Waals surface area (Å²) in [5.41, 5.74) is 0.787. The lowest BCUT2D eigenvalue weighted by atomic mass is 10.2. The standard InChI is InChI=1S/C16H18FN3O3S/c1-11(16(21)20-14-6-4-3-5-13(14)17)19-10-12-7-8-18-15(9-12)24(2,22)23/h3-9,11,19H,10H2,1-2H3,(H,20,21). The SMILES string of the molecule is CC(NCc1ccnc(S(C)(=O)=O)c1)C(=O)Nc1ccccc1F. The van der Waals surface area contributed by atoms with E-state index in [0.29, 0.717) is 5.56 Å². The van der Waals surface area contributed by atoms with Gasteiger partial charge in [-0.1, -0.05) is 12.1 Å². The monoisotopic (exact) mass is 351 g/mol. The van der Waals surface area contributed by atoms with E-state index in [1.54, 1.807) is 19.1 Å². The van der Waals surface area contributed by atoms with Crippen LogP contribution in [0.3, 0.4) is 0 Å². The molecule has 1 unspecified atom stereocenters. The molecule has 0 spiro atoms. The van der Waals surface area contributed by atoms with Gasteiger partial charge in [0.2, 0.25) is 5.91 Å². The maximum Gasteiger partial charge on any atom is 0.241 e. The third-order valence-corrected chi connectivity index (χ3v) is 4.30. The van der Waals surface area contributed by atoms with Gasteiger partial charge in [0.1, 0.15) is 5.82 Å². The normalized spacial score (nSPS) is 12.6. The van der Waals surface area contributed by atoms with E-state index >= 15 is 0 Å². The fourth-order valence-corrected chi connectivity index (χ4v) is 2.55. The van der Waals surface area contributed by atoms with Crippen LogP contribution in [0.2, 0.25) is 0 Å². The van der Waals surface area contributed by atoms with Crippen LogP contribution in [0.1, 0.15) is 12.5 Å². The molecule has 0 aliphatic heterocycles. The van der Waals surface area contributed by atoms with Gasteiger partial charge in [0, 0.05) is 19.0 Å². The van der Waals surface area contributed by atoms with Crippen molar-refractivity contribution < 1.29 is 17.6 Å². The van der Waals surface area contributed by atoms with E-state index in [1.165, 1.54) is 30.5 Å². The van der Waals surface area contributed by atoms with Crippen molar-refractivity contribution in [3.63, 3.8) is 0 Å². The number of carbonyl (C=O) groups excluding carboxylic acids is 1. The molecular weight excluding hydrogens is 333 g/mol. The lowest BCUT2D eigenvalue weighted by Crippen LogP contribution is -2.37. The number of para-hydroxylation sites is 1. The van der Waals surface area contributed by atoms with Gasteiger partial charge in [0.15, 0.2) is 14.9 Å². The van der Waals surface area contributed by atoms with Gasteiger partial charge in [-0.05, 0) is 36.8 Å². The number of nitrogens with one attached hydrogen (secondary N) is 2. The van der Waals surface area contributed by atoms with Crippen molar-refractivity contribution in [2.75, 3.05) is 11.6 Å². The number of benzene rings is 1. The average molecular weight is 351 g/mol. The molecule has 2 N–H and O–H groups in total. The van der Waals surface area contributed by atoms with Crippen molar-refractivity contribution in [3.05, 3.63) is 54.0 Å². The summed E-state index contributed by atoms with van der Waals surface area (Å²) in [5.74, 6) is -0.900. The zero-order valence-electron chi connectivity index (χ0n) is 13.3. The van der Waals surface area contributed by atoms with E-state index in [-0.39, 0.29) is 17.3 Å². The van der Waals surface area contributed by atoms with Crippen molar-refractivity contribution in [1.82, 2.24) is 10.3 Å². The molecular formula is C16H18FN3O3S. The molecule has 0 saturated heterocycles. The van der Waals surface area contributed by atoms with Crippen LogP contribution in [0.5, 0.6) is 0 Å². The third-order valence-electron chi connectivity index (χ3n) is 3.32. The van der Waals surface area contributed by atoms with Crippen LogP contribution in [0.4, 0.5) is 10.1 Å². The highest BCUT2D eigenvalue weighted by atomic mass is 32.2. The number of anilines is 1.